The number of benzene rings is 1. The van der Waals surface area contributed by atoms with Gasteiger partial charge in [-0.3, -0.25) is 14.9 Å². The summed E-state index contributed by atoms with van der Waals surface area (Å²) in [7, 11) is 0. The van der Waals surface area contributed by atoms with Crippen LogP contribution in [-0.2, 0) is 10.2 Å². The number of amides is 1. The molecule has 0 radical (unpaired) electrons. The second-order valence-corrected chi connectivity index (χ2v) is 9.51. The van der Waals surface area contributed by atoms with Crippen LogP contribution in [0.3, 0.4) is 0 Å². The smallest absolute Gasteiger partial charge is 0.400 e. The van der Waals surface area contributed by atoms with Crippen LogP contribution in [-0.4, -0.2) is 17.0 Å². The number of nitrogens with zero attached hydrogens (tertiary/aromatic N) is 2. The number of rotatable bonds is 6. The van der Waals surface area contributed by atoms with Crippen LogP contribution in [0.15, 0.2) is 52.0 Å². The van der Waals surface area contributed by atoms with Gasteiger partial charge in [-0.1, -0.05) is 30.3 Å². The molecule has 4 fully saturated rings. The highest BCUT2D eigenvalue weighted by Crippen LogP contribution is 2.66. The maximum Gasteiger partial charge on any atom is 0.433 e. The van der Waals surface area contributed by atoms with Gasteiger partial charge in [0, 0.05) is 6.42 Å². The fraction of sp³-hybridized carbons (Fsp3) is 0.478. The van der Waals surface area contributed by atoms with Crippen molar-refractivity contribution in [3.63, 3.8) is 0 Å². The standard InChI is InChI=1S/C23H25N3O4/c27-20(25-24-14-19-6-7-21(30-19)26(28)29)13-22-9-16-8-17(10-22)12-23(11-16,15-22)18-4-2-1-3-5-18/h1-7,14,16-17H,8-13,15H2,(H,25,27)/b24-14+/t16-,17+,22?,23?. The van der Waals surface area contributed by atoms with Gasteiger partial charge in [-0.15, -0.1) is 0 Å². The molecule has 6 rings (SSSR count). The van der Waals surface area contributed by atoms with Crippen LogP contribution in [0.1, 0.15) is 56.3 Å². The average molecular weight is 407 g/mol. The van der Waals surface area contributed by atoms with Crippen molar-refractivity contribution in [3.05, 3.63) is 63.9 Å². The molecule has 4 aliphatic carbocycles. The monoisotopic (exact) mass is 407 g/mol. The van der Waals surface area contributed by atoms with Crippen molar-refractivity contribution >= 4 is 18.0 Å². The summed E-state index contributed by atoms with van der Waals surface area (Å²) in [5, 5.41) is 14.6. The molecule has 2 unspecified atom stereocenters. The Morgan fingerprint density at radius 2 is 1.90 bits per heavy atom. The summed E-state index contributed by atoms with van der Waals surface area (Å²) in [6.07, 6.45) is 8.88. The predicted octanol–water partition coefficient (Wildman–Crippen LogP) is 4.57. The molecule has 0 spiro atoms. The third kappa shape index (κ3) is 3.42. The van der Waals surface area contributed by atoms with E-state index < -0.39 is 4.92 Å². The summed E-state index contributed by atoms with van der Waals surface area (Å²) in [5.74, 6) is 1.19. The van der Waals surface area contributed by atoms with Crippen LogP contribution in [0.5, 0.6) is 0 Å². The number of hydrazone groups is 1. The first-order chi connectivity index (χ1) is 14.5. The van der Waals surface area contributed by atoms with E-state index in [2.05, 4.69) is 40.9 Å². The largest absolute Gasteiger partial charge is 0.433 e. The van der Waals surface area contributed by atoms with Gasteiger partial charge in [-0.05, 0) is 72.8 Å². The fourth-order valence-corrected chi connectivity index (χ4v) is 6.85. The van der Waals surface area contributed by atoms with Crippen LogP contribution >= 0.6 is 0 Å². The molecule has 0 aliphatic heterocycles. The number of carbonyl (C=O) groups is 1. The van der Waals surface area contributed by atoms with Crippen molar-refractivity contribution < 1.29 is 14.1 Å². The number of hydrogen-bond donors (Lipinski definition) is 1. The van der Waals surface area contributed by atoms with E-state index in [-0.39, 0.29) is 28.4 Å². The normalized spacial score (nSPS) is 31.9. The van der Waals surface area contributed by atoms with Crippen molar-refractivity contribution in [3.8, 4) is 0 Å². The van der Waals surface area contributed by atoms with Crippen molar-refractivity contribution in [2.24, 2.45) is 22.4 Å². The lowest BCUT2D eigenvalue weighted by molar-refractivity contribution is -0.402. The lowest BCUT2D eigenvalue weighted by atomic mass is 9.42. The van der Waals surface area contributed by atoms with Gasteiger partial charge in [0.2, 0.25) is 5.91 Å². The molecular formula is C23H25N3O4. The zero-order valence-electron chi connectivity index (χ0n) is 16.8. The summed E-state index contributed by atoms with van der Waals surface area (Å²) in [6, 6.07) is 13.6. The van der Waals surface area contributed by atoms with Gasteiger partial charge in [0.1, 0.15) is 4.92 Å². The van der Waals surface area contributed by atoms with Gasteiger partial charge in [-0.25, -0.2) is 5.43 Å². The van der Waals surface area contributed by atoms with Crippen molar-refractivity contribution in [1.29, 1.82) is 0 Å². The minimum absolute atomic E-state index is 0.0446. The summed E-state index contributed by atoms with van der Waals surface area (Å²) in [6.45, 7) is 0. The summed E-state index contributed by atoms with van der Waals surface area (Å²) < 4.78 is 5.02. The summed E-state index contributed by atoms with van der Waals surface area (Å²) in [4.78, 5) is 22.8. The number of carbonyl (C=O) groups excluding carboxylic acids is 1. The fourth-order valence-electron chi connectivity index (χ4n) is 6.85. The van der Waals surface area contributed by atoms with Crippen LogP contribution in [0.4, 0.5) is 5.88 Å². The molecule has 1 heterocycles. The molecule has 30 heavy (non-hydrogen) atoms. The van der Waals surface area contributed by atoms with Gasteiger partial charge in [-0.2, -0.15) is 5.10 Å². The van der Waals surface area contributed by atoms with E-state index >= 15 is 0 Å². The molecule has 4 bridgehead atoms. The van der Waals surface area contributed by atoms with Crippen molar-refractivity contribution in [2.45, 2.75) is 50.4 Å². The maximum atomic E-state index is 12.7. The first-order valence-electron chi connectivity index (χ1n) is 10.6. The van der Waals surface area contributed by atoms with E-state index in [1.807, 2.05) is 0 Å². The van der Waals surface area contributed by atoms with Crippen LogP contribution in [0.25, 0.3) is 0 Å². The Hall–Kier alpha value is -2.96. The topological polar surface area (TPSA) is 97.7 Å². The summed E-state index contributed by atoms with van der Waals surface area (Å²) >= 11 is 0. The third-order valence-electron chi connectivity index (χ3n) is 7.28. The lowest BCUT2D eigenvalue weighted by Gasteiger charge is -2.62. The highest BCUT2D eigenvalue weighted by Gasteiger charge is 2.58. The van der Waals surface area contributed by atoms with E-state index in [9.17, 15) is 14.9 Å². The number of hydrogen-bond acceptors (Lipinski definition) is 5. The second-order valence-electron chi connectivity index (χ2n) is 9.51. The highest BCUT2D eigenvalue weighted by atomic mass is 16.6. The van der Waals surface area contributed by atoms with E-state index in [0.717, 1.165) is 19.3 Å². The molecule has 4 atom stereocenters. The maximum absolute atomic E-state index is 12.7. The van der Waals surface area contributed by atoms with Gasteiger partial charge in [0.05, 0.1) is 12.3 Å². The highest BCUT2D eigenvalue weighted by molar-refractivity contribution is 5.81. The zero-order valence-corrected chi connectivity index (χ0v) is 16.8. The molecule has 1 N–H and O–H groups in total. The molecule has 7 heteroatoms. The van der Waals surface area contributed by atoms with Crippen molar-refractivity contribution in [1.82, 2.24) is 5.43 Å². The van der Waals surface area contributed by atoms with Crippen LogP contribution < -0.4 is 5.43 Å². The van der Waals surface area contributed by atoms with Gasteiger partial charge in [0.25, 0.3) is 0 Å². The zero-order chi connectivity index (χ0) is 20.8. The Kier molecular flexibility index (Phi) is 4.49. The number of nitro groups is 1. The van der Waals surface area contributed by atoms with Crippen LogP contribution in [0, 0.1) is 27.4 Å². The number of furan rings is 1. The molecular weight excluding hydrogens is 382 g/mol. The van der Waals surface area contributed by atoms with Crippen molar-refractivity contribution in [2.75, 3.05) is 0 Å². The third-order valence-corrected chi connectivity index (χ3v) is 7.28. The molecule has 7 nitrogen and oxygen atoms in total. The van der Waals surface area contributed by atoms with E-state index in [1.165, 1.54) is 43.2 Å². The predicted molar refractivity (Wildman–Crippen MR) is 111 cm³/mol. The molecule has 4 aliphatic rings. The van der Waals surface area contributed by atoms with Crippen LogP contribution in [0.2, 0.25) is 0 Å². The molecule has 156 valence electrons. The van der Waals surface area contributed by atoms with Gasteiger partial charge >= 0.3 is 5.88 Å². The summed E-state index contributed by atoms with van der Waals surface area (Å²) in [5.41, 5.74) is 4.28. The van der Waals surface area contributed by atoms with Gasteiger partial charge in [0.15, 0.2) is 5.76 Å². The molecule has 1 aromatic carbocycles. The molecule has 1 aromatic heterocycles. The quantitative estimate of drug-likeness (QED) is 0.431. The first kappa shape index (κ1) is 19.0. The Bertz CT molecular complexity index is 983. The minimum atomic E-state index is -0.606. The first-order valence-corrected chi connectivity index (χ1v) is 10.6. The van der Waals surface area contributed by atoms with Gasteiger partial charge < -0.3 is 4.42 Å². The molecule has 0 saturated heterocycles. The Morgan fingerprint density at radius 1 is 1.17 bits per heavy atom. The second kappa shape index (κ2) is 7.07. The Balaban J connectivity index is 1.28. The van der Waals surface area contributed by atoms with E-state index in [4.69, 9.17) is 4.42 Å². The Morgan fingerprint density at radius 3 is 2.57 bits per heavy atom. The SMILES string of the molecule is O=C(CC12C[C@H]3C[C@@H](C1)CC(c1ccccc1)(C3)C2)N/N=C/c1ccc([N+](=O)[O-])o1. The molecule has 1 amide bonds. The minimum Gasteiger partial charge on any atom is -0.400 e. The average Bonchev–Trinajstić information content (AvgIpc) is 3.16. The molecule has 4 saturated carbocycles. The molecule has 2 aromatic rings. The Labute approximate surface area is 174 Å². The van der Waals surface area contributed by atoms with E-state index in [1.54, 1.807) is 0 Å². The lowest BCUT2D eigenvalue weighted by Crippen LogP contribution is -2.55. The van der Waals surface area contributed by atoms with E-state index in [0.29, 0.717) is 18.3 Å². The number of nitrogens with one attached hydrogen (secondary N) is 1.